The molecule has 1 aliphatic heterocycles. The van der Waals surface area contributed by atoms with Gasteiger partial charge in [0.25, 0.3) is 5.91 Å². The van der Waals surface area contributed by atoms with Crippen LogP contribution in [0.4, 0.5) is 0 Å². The van der Waals surface area contributed by atoms with Gasteiger partial charge >= 0.3 is 0 Å². The zero-order valence-electron chi connectivity index (χ0n) is 16.5. The average molecular weight is 419 g/mol. The van der Waals surface area contributed by atoms with Gasteiger partial charge in [0, 0.05) is 13.1 Å². The highest BCUT2D eigenvalue weighted by Crippen LogP contribution is 2.22. The molecule has 29 heavy (non-hydrogen) atoms. The summed E-state index contributed by atoms with van der Waals surface area (Å²) in [7, 11) is -3.42. The molecule has 0 saturated carbocycles. The molecule has 0 unspecified atom stereocenters. The predicted octanol–water partition coefficient (Wildman–Crippen LogP) is 2.35. The molecule has 8 heteroatoms. The van der Waals surface area contributed by atoms with Crippen molar-refractivity contribution in [3.8, 4) is 11.5 Å². The normalized spacial score (nSPS) is 14.5. The van der Waals surface area contributed by atoms with Crippen LogP contribution in [-0.4, -0.2) is 51.5 Å². The molecule has 0 radical (unpaired) electrons. The first kappa shape index (κ1) is 21.1. The summed E-state index contributed by atoms with van der Waals surface area (Å²) in [4.78, 5) is 12.1. The van der Waals surface area contributed by atoms with Gasteiger partial charge in [0.1, 0.15) is 18.1 Å². The first-order valence-electron chi connectivity index (χ1n) is 9.65. The Hall–Kier alpha value is -2.58. The van der Waals surface area contributed by atoms with Crippen molar-refractivity contribution in [2.24, 2.45) is 0 Å². The number of benzene rings is 2. The Morgan fingerprint density at radius 1 is 1.03 bits per heavy atom. The number of para-hydroxylation sites is 1. The number of carbonyl (C=O) groups is 1. The molecule has 2 aromatic carbocycles. The maximum absolute atomic E-state index is 12.5. The number of hydrogen-bond donors (Lipinski definition) is 1. The lowest BCUT2D eigenvalue weighted by molar-refractivity contribution is -0.123. The molecule has 2 aromatic rings. The fourth-order valence-corrected chi connectivity index (χ4v) is 4.57. The van der Waals surface area contributed by atoms with Crippen molar-refractivity contribution < 1.29 is 22.7 Å². The van der Waals surface area contributed by atoms with E-state index < -0.39 is 10.0 Å². The van der Waals surface area contributed by atoms with E-state index in [1.165, 1.54) is 4.31 Å². The molecular weight excluding hydrogens is 392 g/mol. The lowest BCUT2D eigenvalue weighted by Crippen LogP contribution is -2.32. The summed E-state index contributed by atoms with van der Waals surface area (Å²) in [5, 5.41) is 2.72. The zero-order chi connectivity index (χ0) is 20.7. The minimum Gasteiger partial charge on any atom is -0.492 e. The summed E-state index contributed by atoms with van der Waals surface area (Å²) in [5.41, 5.74) is 0.971. The summed E-state index contributed by atoms with van der Waals surface area (Å²) < 4.78 is 37.5. The lowest BCUT2D eigenvalue weighted by atomic mass is 10.2. The minimum absolute atomic E-state index is 0.0616. The second-order valence-electron chi connectivity index (χ2n) is 6.84. The molecule has 0 spiro atoms. The van der Waals surface area contributed by atoms with E-state index >= 15 is 0 Å². The number of nitrogens with zero attached hydrogens (tertiary/aromatic N) is 1. The first-order chi connectivity index (χ1) is 14.0. The Morgan fingerprint density at radius 3 is 2.41 bits per heavy atom. The van der Waals surface area contributed by atoms with Gasteiger partial charge in [0.15, 0.2) is 6.61 Å². The second kappa shape index (κ2) is 9.76. The highest BCUT2D eigenvalue weighted by atomic mass is 32.2. The Morgan fingerprint density at radius 2 is 1.72 bits per heavy atom. The Bertz CT molecular complexity index is 922. The molecule has 1 aliphatic rings. The molecule has 0 aromatic heterocycles. The van der Waals surface area contributed by atoms with Crippen LogP contribution in [0.1, 0.15) is 18.4 Å². The van der Waals surface area contributed by atoms with Gasteiger partial charge in [-0.3, -0.25) is 4.79 Å². The van der Waals surface area contributed by atoms with Crippen molar-refractivity contribution >= 4 is 15.9 Å². The molecule has 0 atom stereocenters. The largest absolute Gasteiger partial charge is 0.492 e. The van der Waals surface area contributed by atoms with Crippen LogP contribution in [0, 0.1) is 6.92 Å². The Kier molecular flexibility index (Phi) is 7.11. The maximum atomic E-state index is 12.5. The Balaban J connectivity index is 1.39. The number of aryl methyl sites for hydroxylation is 1. The zero-order valence-corrected chi connectivity index (χ0v) is 17.3. The maximum Gasteiger partial charge on any atom is 0.258 e. The molecule has 1 amide bonds. The van der Waals surface area contributed by atoms with Crippen LogP contribution in [0.25, 0.3) is 0 Å². The van der Waals surface area contributed by atoms with Crippen LogP contribution in [0.15, 0.2) is 53.4 Å². The molecular formula is C21H26N2O5S. The molecule has 7 nitrogen and oxygen atoms in total. The number of nitrogens with one attached hydrogen (secondary N) is 1. The summed E-state index contributed by atoms with van der Waals surface area (Å²) in [6.45, 7) is 3.61. The molecule has 1 heterocycles. The van der Waals surface area contributed by atoms with E-state index in [-0.39, 0.29) is 24.0 Å². The number of ether oxygens (including phenoxy) is 2. The highest BCUT2D eigenvalue weighted by molar-refractivity contribution is 7.89. The smallest absolute Gasteiger partial charge is 0.258 e. The number of carbonyl (C=O) groups excluding carboxylic acids is 1. The van der Waals surface area contributed by atoms with Crippen LogP contribution in [0.3, 0.4) is 0 Å². The standard InChI is InChI=1S/C21H26N2O5S/c1-17-6-2-3-7-20(17)28-16-21(24)22-12-15-27-18-8-10-19(11-9-18)29(25,26)23-13-4-5-14-23/h2-3,6-11H,4-5,12-16H2,1H3,(H,22,24). The fraction of sp³-hybridized carbons (Fsp3) is 0.381. The van der Waals surface area contributed by atoms with E-state index in [1.807, 2.05) is 31.2 Å². The summed E-state index contributed by atoms with van der Waals surface area (Å²) in [5.74, 6) is 1.00. The van der Waals surface area contributed by atoms with Crippen molar-refractivity contribution in [3.63, 3.8) is 0 Å². The molecule has 1 N–H and O–H groups in total. The monoisotopic (exact) mass is 418 g/mol. The quantitative estimate of drug-likeness (QED) is 0.632. The van der Waals surface area contributed by atoms with Gasteiger partial charge in [0.2, 0.25) is 10.0 Å². The van der Waals surface area contributed by atoms with Crippen molar-refractivity contribution in [1.82, 2.24) is 9.62 Å². The van der Waals surface area contributed by atoms with Crippen LogP contribution < -0.4 is 14.8 Å². The third-order valence-electron chi connectivity index (χ3n) is 4.67. The van der Waals surface area contributed by atoms with Gasteiger partial charge in [-0.15, -0.1) is 0 Å². The van der Waals surface area contributed by atoms with Gasteiger partial charge in [-0.1, -0.05) is 18.2 Å². The molecule has 3 rings (SSSR count). The van der Waals surface area contributed by atoms with E-state index in [2.05, 4.69) is 5.32 Å². The van der Waals surface area contributed by atoms with Gasteiger partial charge in [-0.2, -0.15) is 4.31 Å². The van der Waals surface area contributed by atoms with Gasteiger partial charge in [-0.25, -0.2) is 8.42 Å². The summed E-state index contributed by atoms with van der Waals surface area (Å²) >= 11 is 0. The van der Waals surface area contributed by atoms with Crippen molar-refractivity contribution in [3.05, 3.63) is 54.1 Å². The van der Waals surface area contributed by atoms with Gasteiger partial charge in [0.05, 0.1) is 11.4 Å². The SMILES string of the molecule is Cc1ccccc1OCC(=O)NCCOc1ccc(S(=O)(=O)N2CCCC2)cc1. The molecule has 156 valence electrons. The van der Waals surface area contributed by atoms with E-state index in [0.717, 1.165) is 18.4 Å². The van der Waals surface area contributed by atoms with Gasteiger partial charge in [-0.05, 0) is 55.7 Å². The first-order valence-corrected chi connectivity index (χ1v) is 11.1. The minimum atomic E-state index is -3.42. The summed E-state index contributed by atoms with van der Waals surface area (Å²) in [6, 6.07) is 13.9. The Labute approximate surface area is 171 Å². The number of rotatable bonds is 9. The van der Waals surface area contributed by atoms with E-state index in [0.29, 0.717) is 31.1 Å². The number of amides is 1. The molecule has 0 bridgehead atoms. The highest BCUT2D eigenvalue weighted by Gasteiger charge is 2.26. The molecule has 1 fully saturated rings. The predicted molar refractivity (Wildman–Crippen MR) is 110 cm³/mol. The third-order valence-corrected chi connectivity index (χ3v) is 6.58. The van der Waals surface area contributed by atoms with E-state index in [9.17, 15) is 13.2 Å². The van der Waals surface area contributed by atoms with Crippen molar-refractivity contribution in [2.45, 2.75) is 24.7 Å². The van der Waals surface area contributed by atoms with E-state index in [1.54, 1.807) is 24.3 Å². The average Bonchev–Trinajstić information content (AvgIpc) is 3.27. The lowest BCUT2D eigenvalue weighted by Gasteiger charge is -2.15. The summed E-state index contributed by atoms with van der Waals surface area (Å²) in [6.07, 6.45) is 1.81. The molecule has 0 aliphatic carbocycles. The third kappa shape index (κ3) is 5.71. The number of hydrogen-bond acceptors (Lipinski definition) is 5. The van der Waals surface area contributed by atoms with Crippen LogP contribution in [0.2, 0.25) is 0 Å². The topological polar surface area (TPSA) is 84.9 Å². The van der Waals surface area contributed by atoms with Crippen molar-refractivity contribution in [1.29, 1.82) is 0 Å². The second-order valence-corrected chi connectivity index (χ2v) is 8.77. The van der Waals surface area contributed by atoms with Crippen molar-refractivity contribution in [2.75, 3.05) is 32.8 Å². The van der Waals surface area contributed by atoms with Crippen LogP contribution >= 0.6 is 0 Å². The fourth-order valence-electron chi connectivity index (χ4n) is 3.06. The van der Waals surface area contributed by atoms with Crippen LogP contribution in [-0.2, 0) is 14.8 Å². The van der Waals surface area contributed by atoms with Gasteiger partial charge < -0.3 is 14.8 Å². The molecule has 1 saturated heterocycles. The van der Waals surface area contributed by atoms with Crippen LogP contribution in [0.5, 0.6) is 11.5 Å². The number of sulfonamides is 1. The van der Waals surface area contributed by atoms with E-state index in [4.69, 9.17) is 9.47 Å².